The van der Waals surface area contributed by atoms with Crippen molar-refractivity contribution in [2.45, 2.75) is 40.0 Å². The van der Waals surface area contributed by atoms with Crippen LogP contribution in [-0.4, -0.2) is 32.1 Å². The first-order valence-corrected chi connectivity index (χ1v) is 8.06. The van der Waals surface area contributed by atoms with Gasteiger partial charge < -0.3 is 15.5 Å². The molecular formula is C17H29N3O. The van der Waals surface area contributed by atoms with Crippen molar-refractivity contribution in [1.82, 2.24) is 5.32 Å². The molecule has 0 bridgehead atoms. The maximum atomic E-state index is 11.7. The molecule has 0 saturated heterocycles. The van der Waals surface area contributed by atoms with Gasteiger partial charge >= 0.3 is 0 Å². The minimum absolute atomic E-state index is 0.0546. The van der Waals surface area contributed by atoms with E-state index in [-0.39, 0.29) is 5.91 Å². The van der Waals surface area contributed by atoms with Gasteiger partial charge in [-0.25, -0.2) is 0 Å². The quantitative estimate of drug-likeness (QED) is 0.650. The van der Waals surface area contributed by atoms with E-state index in [9.17, 15) is 4.79 Å². The SMILES string of the molecule is CCCCCNC(=O)CNc1ccc(N(CC)CC)cc1. The summed E-state index contributed by atoms with van der Waals surface area (Å²) in [6.07, 6.45) is 3.40. The summed E-state index contributed by atoms with van der Waals surface area (Å²) >= 11 is 0. The predicted molar refractivity (Wildman–Crippen MR) is 91.0 cm³/mol. The van der Waals surface area contributed by atoms with Crippen LogP contribution in [0.25, 0.3) is 0 Å². The highest BCUT2D eigenvalue weighted by Crippen LogP contribution is 2.17. The standard InChI is InChI=1S/C17H29N3O/c1-4-7-8-13-18-17(21)14-19-15-9-11-16(12-10-15)20(5-2)6-3/h9-12,19H,4-8,13-14H2,1-3H3,(H,18,21). The van der Waals surface area contributed by atoms with Gasteiger partial charge in [0.15, 0.2) is 0 Å². The highest BCUT2D eigenvalue weighted by atomic mass is 16.1. The number of hydrogen-bond acceptors (Lipinski definition) is 3. The van der Waals surface area contributed by atoms with Crippen molar-refractivity contribution in [2.24, 2.45) is 0 Å². The zero-order valence-corrected chi connectivity index (χ0v) is 13.6. The van der Waals surface area contributed by atoms with E-state index in [1.165, 1.54) is 18.5 Å². The van der Waals surface area contributed by atoms with E-state index in [0.717, 1.165) is 31.7 Å². The molecule has 21 heavy (non-hydrogen) atoms. The van der Waals surface area contributed by atoms with Crippen LogP contribution in [-0.2, 0) is 4.79 Å². The molecule has 0 spiro atoms. The van der Waals surface area contributed by atoms with Gasteiger partial charge in [-0.2, -0.15) is 0 Å². The molecule has 0 unspecified atom stereocenters. The Morgan fingerprint density at radius 3 is 2.29 bits per heavy atom. The van der Waals surface area contributed by atoms with Gasteiger partial charge in [0.1, 0.15) is 0 Å². The molecule has 0 aromatic heterocycles. The average Bonchev–Trinajstić information content (AvgIpc) is 2.52. The van der Waals surface area contributed by atoms with E-state index < -0.39 is 0 Å². The fraction of sp³-hybridized carbons (Fsp3) is 0.588. The Hall–Kier alpha value is -1.71. The molecule has 0 radical (unpaired) electrons. The van der Waals surface area contributed by atoms with E-state index in [2.05, 4.69) is 48.4 Å². The number of anilines is 2. The molecule has 4 heteroatoms. The average molecular weight is 291 g/mol. The van der Waals surface area contributed by atoms with Crippen LogP contribution in [0.5, 0.6) is 0 Å². The number of amides is 1. The largest absolute Gasteiger partial charge is 0.376 e. The zero-order valence-electron chi connectivity index (χ0n) is 13.6. The Morgan fingerprint density at radius 1 is 1.05 bits per heavy atom. The summed E-state index contributed by atoms with van der Waals surface area (Å²) in [6.45, 7) is 9.57. The third kappa shape index (κ3) is 6.52. The van der Waals surface area contributed by atoms with Crippen LogP contribution in [0, 0.1) is 0 Å². The van der Waals surface area contributed by atoms with Gasteiger partial charge in [-0.1, -0.05) is 19.8 Å². The maximum Gasteiger partial charge on any atom is 0.239 e. The molecule has 118 valence electrons. The molecule has 1 aromatic rings. The van der Waals surface area contributed by atoms with E-state index in [1.807, 2.05) is 12.1 Å². The number of carbonyl (C=O) groups is 1. The minimum atomic E-state index is 0.0546. The summed E-state index contributed by atoms with van der Waals surface area (Å²) in [6, 6.07) is 8.24. The smallest absolute Gasteiger partial charge is 0.239 e. The lowest BCUT2D eigenvalue weighted by atomic mass is 10.2. The number of nitrogens with zero attached hydrogens (tertiary/aromatic N) is 1. The molecule has 0 aliphatic heterocycles. The normalized spacial score (nSPS) is 10.2. The second kappa shape index (κ2) is 10.1. The van der Waals surface area contributed by atoms with Crippen LogP contribution in [0.4, 0.5) is 11.4 Å². The lowest BCUT2D eigenvalue weighted by molar-refractivity contribution is -0.119. The number of rotatable bonds is 10. The number of carbonyl (C=O) groups excluding carboxylic acids is 1. The Balaban J connectivity index is 2.33. The highest BCUT2D eigenvalue weighted by molar-refractivity contribution is 5.80. The van der Waals surface area contributed by atoms with Gasteiger partial charge in [-0.05, 0) is 44.5 Å². The van der Waals surface area contributed by atoms with Crippen LogP contribution in [0.15, 0.2) is 24.3 Å². The molecule has 0 saturated carbocycles. The summed E-state index contributed by atoms with van der Waals surface area (Å²) in [5.74, 6) is 0.0546. The van der Waals surface area contributed by atoms with Gasteiger partial charge in [0.2, 0.25) is 5.91 Å². The Bertz CT molecular complexity index is 399. The van der Waals surface area contributed by atoms with Crippen LogP contribution < -0.4 is 15.5 Å². The van der Waals surface area contributed by atoms with Gasteiger partial charge in [-0.15, -0.1) is 0 Å². The molecule has 4 nitrogen and oxygen atoms in total. The fourth-order valence-corrected chi connectivity index (χ4v) is 2.23. The third-order valence-electron chi connectivity index (χ3n) is 3.55. The lowest BCUT2D eigenvalue weighted by Crippen LogP contribution is -2.30. The predicted octanol–water partition coefficient (Wildman–Crippen LogP) is 3.25. The van der Waals surface area contributed by atoms with E-state index in [0.29, 0.717) is 6.54 Å². The Labute approximate surface area is 128 Å². The number of unbranched alkanes of at least 4 members (excludes halogenated alkanes) is 2. The molecule has 1 aromatic carbocycles. The fourth-order valence-electron chi connectivity index (χ4n) is 2.23. The number of nitrogens with one attached hydrogen (secondary N) is 2. The molecule has 0 atom stereocenters. The van der Waals surface area contributed by atoms with Gasteiger partial charge in [0.05, 0.1) is 6.54 Å². The van der Waals surface area contributed by atoms with Crippen molar-refractivity contribution >= 4 is 17.3 Å². The molecular weight excluding hydrogens is 262 g/mol. The van der Waals surface area contributed by atoms with Gasteiger partial charge in [0, 0.05) is 31.0 Å². The van der Waals surface area contributed by atoms with E-state index >= 15 is 0 Å². The van der Waals surface area contributed by atoms with Crippen LogP contribution in [0.3, 0.4) is 0 Å². The first-order valence-electron chi connectivity index (χ1n) is 8.06. The highest BCUT2D eigenvalue weighted by Gasteiger charge is 2.03. The molecule has 2 N–H and O–H groups in total. The second-order valence-corrected chi connectivity index (χ2v) is 5.13. The van der Waals surface area contributed by atoms with Gasteiger partial charge in [-0.3, -0.25) is 4.79 Å². The van der Waals surface area contributed by atoms with Crippen molar-refractivity contribution in [1.29, 1.82) is 0 Å². The van der Waals surface area contributed by atoms with Crippen molar-refractivity contribution in [2.75, 3.05) is 36.4 Å². The van der Waals surface area contributed by atoms with Crippen LogP contribution in [0.2, 0.25) is 0 Å². The molecule has 1 amide bonds. The summed E-state index contributed by atoms with van der Waals surface area (Å²) < 4.78 is 0. The third-order valence-corrected chi connectivity index (χ3v) is 3.55. The summed E-state index contributed by atoms with van der Waals surface area (Å²) in [4.78, 5) is 14.0. The monoisotopic (exact) mass is 291 g/mol. The first kappa shape index (κ1) is 17.3. The number of hydrogen-bond donors (Lipinski definition) is 2. The van der Waals surface area contributed by atoms with E-state index in [1.54, 1.807) is 0 Å². The van der Waals surface area contributed by atoms with Crippen molar-refractivity contribution in [3.63, 3.8) is 0 Å². The van der Waals surface area contributed by atoms with Crippen LogP contribution >= 0.6 is 0 Å². The van der Waals surface area contributed by atoms with Crippen molar-refractivity contribution < 1.29 is 4.79 Å². The first-order chi connectivity index (χ1) is 10.2. The Kier molecular flexibility index (Phi) is 8.32. The second-order valence-electron chi connectivity index (χ2n) is 5.13. The maximum absolute atomic E-state index is 11.7. The Morgan fingerprint density at radius 2 is 1.71 bits per heavy atom. The topological polar surface area (TPSA) is 44.4 Å². The molecule has 1 rings (SSSR count). The lowest BCUT2D eigenvalue weighted by Gasteiger charge is -2.21. The molecule has 0 aliphatic rings. The van der Waals surface area contributed by atoms with Crippen molar-refractivity contribution in [3.8, 4) is 0 Å². The zero-order chi connectivity index (χ0) is 15.5. The number of benzene rings is 1. The molecule has 0 heterocycles. The van der Waals surface area contributed by atoms with Crippen molar-refractivity contribution in [3.05, 3.63) is 24.3 Å². The van der Waals surface area contributed by atoms with E-state index in [4.69, 9.17) is 0 Å². The summed E-state index contributed by atoms with van der Waals surface area (Å²) in [5.41, 5.74) is 2.20. The summed E-state index contributed by atoms with van der Waals surface area (Å²) in [7, 11) is 0. The molecule has 0 fully saturated rings. The molecule has 0 aliphatic carbocycles. The summed E-state index contributed by atoms with van der Waals surface area (Å²) in [5, 5.41) is 6.08. The van der Waals surface area contributed by atoms with Crippen LogP contribution in [0.1, 0.15) is 40.0 Å². The van der Waals surface area contributed by atoms with Gasteiger partial charge in [0.25, 0.3) is 0 Å². The minimum Gasteiger partial charge on any atom is -0.376 e.